The summed E-state index contributed by atoms with van der Waals surface area (Å²) < 4.78 is 3.76. The fourth-order valence-electron chi connectivity index (χ4n) is 4.54. The Hall–Kier alpha value is -3.16. The van der Waals surface area contributed by atoms with E-state index in [1.165, 1.54) is 34.3 Å². The molecular formula is C26H24ClN3O3S. The van der Waals surface area contributed by atoms with Gasteiger partial charge in [0.15, 0.2) is 0 Å². The number of thiophene rings is 1. The maximum absolute atomic E-state index is 13.6. The third-order valence-electron chi connectivity index (χ3n) is 6.21. The van der Waals surface area contributed by atoms with E-state index in [1.807, 2.05) is 24.3 Å². The molecule has 2 heterocycles. The number of carbonyl (C=O) groups is 1. The molecule has 1 N–H and O–H groups in total. The molecule has 5 rings (SSSR count). The fourth-order valence-corrected chi connectivity index (χ4v) is 5.89. The van der Waals surface area contributed by atoms with Gasteiger partial charge in [0.25, 0.3) is 5.56 Å². The van der Waals surface area contributed by atoms with Gasteiger partial charge in [0, 0.05) is 16.6 Å². The highest BCUT2D eigenvalue weighted by Gasteiger charge is 2.21. The molecule has 0 fully saturated rings. The largest absolute Gasteiger partial charge is 0.354 e. The summed E-state index contributed by atoms with van der Waals surface area (Å²) in [5.41, 5.74) is 1.15. The number of allylic oxidation sites excluding steroid dienone is 1. The van der Waals surface area contributed by atoms with Gasteiger partial charge in [0.05, 0.1) is 16.2 Å². The first-order valence-electron chi connectivity index (χ1n) is 11.4. The molecule has 174 valence electrons. The minimum Gasteiger partial charge on any atom is -0.354 e. The maximum Gasteiger partial charge on any atom is 0.336 e. The number of fused-ring (bicyclic) bond motifs is 3. The fraction of sp³-hybridized carbons (Fsp3) is 0.269. The van der Waals surface area contributed by atoms with Crippen LogP contribution in [0, 0.1) is 0 Å². The van der Waals surface area contributed by atoms with Crippen LogP contribution in [0.1, 0.15) is 32.1 Å². The van der Waals surface area contributed by atoms with Gasteiger partial charge in [-0.25, -0.2) is 9.36 Å². The standard InChI is InChI=1S/C26H24ClN3O3S/c27-19-11-5-6-12-20(19)30-25(32)24-23(18-10-4-7-13-21(18)34-24)29(26(30)33)16-22(31)28-15-14-17-8-2-1-3-9-17/h4-8,10-13H,1-3,9,14-16H2,(H,28,31). The molecule has 1 aliphatic carbocycles. The first-order valence-corrected chi connectivity index (χ1v) is 12.6. The van der Waals surface area contributed by atoms with Crippen molar-refractivity contribution in [2.45, 2.75) is 38.6 Å². The van der Waals surface area contributed by atoms with Crippen LogP contribution < -0.4 is 16.6 Å². The molecule has 1 amide bonds. The van der Waals surface area contributed by atoms with Crippen LogP contribution in [0.25, 0.3) is 26.0 Å². The van der Waals surface area contributed by atoms with Crippen molar-refractivity contribution in [3.63, 3.8) is 0 Å². The molecule has 2 aromatic heterocycles. The lowest BCUT2D eigenvalue weighted by Crippen LogP contribution is -2.41. The Morgan fingerprint density at radius 2 is 1.85 bits per heavy atom. The van der Waals surface area contributed by atoms with Gasteiger partial charge in [-0.15, -0.1) is 11.3 Å². The third-order valence-corrected chi connectivity index (χ3v) is 7.67. The van der Waals surface area contributed by atoms with Gasteiger partial charge in [-0.3, -0.25) is 14.2 Å². The zero-order chi connectivity index (χ0) is 23.7. The Kier molecular flexibility index (Phi) is 6.39. The summed E-state index contributed by atoms with van der Waals surface area (Å²) in [6, 6.07) is 14.3. The monoisotopic (exact) mass is 493 g/mol. The average molecular weight is 494 g/mol. The summed E-state index contributed by atoms with van der Waals surface area (Å²) in [6.07, 6.45) is 7.69. The summed E-state index contributed by atoms with van der Waals surface area (Å²) in [4.78, 5) is 40.0. The van der Waals surface area contributed by atoms with E-state index in [0.717, 1.165) is 33.9 Å². The zero-order valence-corrected chi connectivity index (χ0v) is 20.1. The number of hydrogen-bond acceptors (Lipinski definition) is 4. The van der Waals surface area contributed by atoms with Crippen molar-refractivity contribution >= 4 is 49.1 Å². The lowest BCUT2D eigenvalue weighted by molar-refractivity contribution is -0.121. The maximum atomic E-state index is 13.6. The number of para-hydroxylation sites is 1. The summed E-state index contributed by atoms with van der Waals surface area (Å²) in [7, 11) is 0. The van der Waals surface area contributed by atoms with Gasteiger partial charge in [-0.05, 0) is 50.3 Å². The molecule has 0 aliphatic heterocycles. The van der Waals surface area contributed by atoms with Crippen LogP contribution in [0.5, 0.6) is 0 Å². The Morgan fingerprint density at radius 1 is 1.06 bits per heavy atom. The Balaban J connectivity index is 1.57. The summed E-state index contributed by atoms with van der Waals surface area (Å²) in [5.74, 6) is -0.264. The Bertz CT molecular complexity index is 1550. The Morgan fingerprint density at radius 3 is 2.65 bits per heavy atom. The molecule has 8 heteroatoms. The van der Waals surface area contributed by atoms with Crippen LogP contribution in [-0.4, -0.2) is 21.6 Å². The van der Waals surface area contributed by atoms with Crippen LogP contribution in [0.3, 0.4) is 0 Å². The van der Waals surface area contributed by atoms with E-state index in [4.69, 9.17) is 11.6 Å². The predicted molar refractivity (Wildman–Crippen MR) is 138 cm³/mol. The number of halogens is 1. The number of rotatable bonds is 6. The second-order valence-corrected chi connectivity index (χ2v) is 9.90. The summed E-state index contributed by atoms with van der Waals surface area (Å²) in [5, 5.41) is 4.02. The number of nitrogens with one attached hydrogen (secondary N) is 1. The van der Waals surface area contributed by atoms with Crippen molar-refractivity contribution in [2.24, 2.45) is 0 Å². The van der Waals surface area contributed by atoms with Gasteiger partial charge in [-0.1, -0.05) is 53.6 Å². The second-order valence-electron chi connectivity index (χ2n) is 8.44. The van der Waals surface area contributed by atoms with Crippen LogP contribution in [0.4, 0.5) is 0 Å². The number of amides is 1. The molecule has 1 aliphatic rings. The first kappa shape index (κ1) is 22.6. The summed E-state index contributed by atoms with van der Waals surface area (Å²) >= 11 is 7.66. The lowest BCUT2D eigenvalue weighted by atomic mass is 9.97. The van der Waals surface area contributed by atoms with E-state index in [1.54, 1.807) is 24.3 Å². The third kappa shape index (κ3) is 4.21. The van der Waals surface area contributed by atoms with E-state index < -0.39 is 11.2 Å². The predicted octanol–water partition coefficient (Wildman–Crippen LogP) is 5.03. The van der Waals surface area contributed by atoms with Crippen molar-refractivity contribution in [3.05, 3.63) is 86.0 Å². The van der Waals surface area contributed by atoms with Crippen molar-refractivity contribution in [1.82, 2.24) is 14.5 Å². The quantitative estimate of drug-likeness (QED) is 0.383. The van der Waals surface area contributed by atoms with Gasteiger partial charge in [0.1, 0.15) is 11.2 Å². The van der Waals surface area contributed by atoms with E-state index >= 15 is 0 Å². The lowest BCUT2D eigenvalue weighted by Gasteiger charge is -2.15. The highest BCUT2D eigenvalue weighted by molar-refractivity contribution is 7.25. The molecule has 0 atom stereocenters. The van der Waals surface area contributed by atoms with E-state index in [9.17, 15) is 14.4 Å². The number of benzene rings is 2. The highest BCUT2D eigenvalue weighted by Crippen LogP contribution is 2.31. The second kappa shape index (κ2) is 9.60. The number of hydrogen-bond donors (Lipinski definition) is 1. The van der Waals surface area contributed by atoms with Crippen molar-refractivity contribution in [3.8, 4) is 5.69 Å². The number of nitrogens with zero attached hydrogens (tertiary/aromatic N) is 2. The number of carbonyl (C=O) groups excluding carboxylic acids is 1. The first-order chi connectivity index (χ1) is 16.5. The molecular weight excluding hydrogens is 470 g/mol. The average Bonchev–Trinajstić information content (AvgIpc) is 3.24. The van der Waals surface area contributed by atoms with Crippen molar-refractivity contribution in [2.75, 3.05) is 6.54 Å². The molecule has 0 saturated heterocycles. The van der Waals surface area contributed by atoms with Gasteiger partial charge in [-0.2, -0.15) is 0 Å². The summed E-state index contributed by atoms with van der Waals surface area (Å²) in [6.45, 7) is 0.344. The van der Waals surface area contributed by atoms with Crippen LogP contribution in [0.15, 0.2) is 69.8 Å². The van der Waals surface area contributed by atoms with E-state index in [0.29, 0.717) is 27.5 Å². The normalized spacial score (nSPS) is 13.9. The molecule has 2 aromatic carbocycles. The van der Waals surface area contributed by atoms with Gasteiger partial charge < -0.3 is 5.32 Å². The van der Waals surface area contributed by atoms with Crippen LogP contribution in [0.2, 0.25) is 5.02 Å². The van der Waals surface area contributed by atoms with Crippen molar-refractivity contribution in [1.29, 1.82) is 0 Å². The van der Waals surface area contributed by atoms with E-state index in [-0.39, 0.29) is 12.5 Å². The van der Waals surface area contributed by atoms with Crippen LogP contribution in [-0.2, 0) is 11.3 Å². The number of aromatic nitrogens is 2. The Labute approximate surface area is 205 Å². The molecule has 0 spiro atoms. The minimum atomic E-state index is -0.584. The molecule has 0 unspecified atom stereocenters. The topological polar surface area (TPSA) is 73.1 Å². The molecule has 34 heavy (non-hydrogen) atoms. The molecule has 0 bridgehead atoms. The van der Waals surface area contributed by atoms with Crippen molar-refractivity contribution < 1.29 is 4.79 Å². The smallest absolute Gasteiger partial charge is 0.336 e. The SMILES string of the molecule is O=C(Cn1c(=O)n(-c2ccccc2Cl)c(=O)c2sc3ccccc3c21)NCCC1=CCCCC1. The highest BCUT2D eigenvalue weighted by atomic mass is 35.5. The zero-order valence-electron chi connectivity index (χ0n) is 18.6. The molecule has 6 nitrogen and oxygen atoms in total. The van der Waals surface area contributed by atoms with Gasteiger partial charge in [0.2, 0.25) is 5.91 Å². The van der Waals surface area contributed by atoms with Gasteiger partial charge >= 0.3 is 5.69 Å². The minimum absolute atomic E-state index is 0.181. The molecule has 0 saturated carbocycles. The van der Waals surface area contributed by atoms with Crippen LogP contribution >= 0.6 is 22.9 Å². The van der Waals surface area contributed by atoms with E-state index in [2.05, 4.69) is 11.4 Å². The molecule has 0 radical (unpaired) electrons. The molecule has 4 aromatic rings.